The lowest BCUT2D eigenvalue weighted by molar-refractivity contribution is 0.340. The summed E-state index contributed by atoms with van der Waals surface area (Å²) in [5.74, 6) is 1.60. The van der Waals surface area contributed by atoms with E-state index in [1.807, 2.05) is 55.5 Å². The third-order valence-corrected chi connectivity index (χ3v) is 5.14. The molecule has 5 aromatic rings. The van der Waals surface area contributed by atoms with Gasteiger partial charge >= 0.3 is 0 Å². The van der Waals surface area contributed by atoms with E-state index in [-0.39, 0.29) is 0 Å². The number of hydrogen-bond donors (Lipinski definition) is 1. The third kappa shape index (κ3) is 3.44. The van der Waals surface area contributed by atoms with Crippen molar-refractivity contribution in [1.82, 2.24) is 10.2 Å². The zero-order valence-electron chi connectivity index (χ0n) is 16.7. The Labute approximate surface area is 175 Å². The third-order valence-electron chi connectivity index (χ3n) is 5.14. The molecule has 0 atom stereocenters. The zero-order chi connectivity index (χ0) is 20.3. The van der Waals surface area contributed by atoms with Crippen molar-refractivity contribution in [1.29, 1.82) is 0 Å². The van der Waals surface area contributed by atoms with Crippen molar-refractivity contribution >= 4 is 33.1 Å². The Kier molecular flexibility index (Phi) is 4.74. The molecular weight excluding hydrogens is 370 g/mol. The summed E-state index contributed by atoms with van der Waals surface area (Å²) in [6.45, 7) is 2.63. The summed E-state index contributed by atoms with van der Waals surface area (Å²) in [6, 6.07) is 30.8. The van der Waals surface area contributed by atoms with Crippen LogP contribution in [0.25, 0.3) is 32.8 Å². The monoisotopic (exact) mass is 391 g/mol. The van der Waals surface area contributed by atoms with Gasteiger partial charge in [0.25, 0.3) is 0 Å². The minimum absolute atomic E-state index is 0.650. The maximum absolute atomic E-state index is 5.55. The van der Waals surface area contributed by atoms with Crippen molar-refractivity contribution in [2.75, 3.05) is 11.9 Å². The molecule has 0 aliphatic rings. The van der Waals surface area contributed by atoms with Crippen LogP contribution in [0, 0.1) is 0 Å². The molecule has 0 aliphatic heterocycles. The number of aromatic nitrogens is 2. The number of nitrogens with one attached hydrogen (secondary N) is 1. The highest BCUT2D eigenvalue weighted by Gasteiger charge is 2.11. The number of fused-ring (bicyclic) bond motifs is 2. The van der Waals surface area contributed by atoms with Crippen molar-refractivity contribution in [3.05, 3.63) is 91.0 Å². The van der Waals surface area contributed by atoms with Gasteiger partial charge in [-0.2, -0.15) is 0 Å². The second-order valence-electron chi connectivity index (χ2n) is 7.09. The molecule has 0 bridgehead atoms. The quantitative estimate of drug-likeness (QED) is 0.367. The molecule has 0 fully saturated rings. The second kappa shape index (κ2) is 7.84. The Hall–Kier alpha value is -3.92. The van der Waals surface area contributed by atoms with Gasteiger partial charge in [-0.3, -0.25) is 0 Å². The normalized spacial score (nSPS) is 11.0. The second-order valence-corrected chi connectivity index (χ2v) is 7.09. The van der Waals surface area contributed by atoms with E-state index in [0.717, 1.165) is 39.3 Å². The van der Waals surface area contributed by atoms with E-state index in [4.69, 9.17) is 4.74 Å². The summed E-state index contributed by atoms with van der Waals surface area (Å²) in [7, 11) is 0. The molecule has 4 heteroatoms. The minimum atomic E-state index is 0.650. The van der Waals surface area contributed by atoms with Crippen molar-refractivity contribution < 1.29 is 4.74 Å². The van der Waals surface area contributed by atoms with Crippen molar-refractivity contribution in [2.24, 2.45) is 0 Å². The lowest BCUT2D eigenvalue weighted by Crippen LogP contribution is -1.99. The predicted octanol–water partition coefficient (Wildman–Crippen LogP) is 6.59. The van der Waals surface area contributed by atoms with Gasteiger partial charge in [0.1, 0.15) is 11.4 Å². The topological polar surface area (TPSA) is 47.0 Å². The SMILES string of the molecule is CCOc1ccc(-c2nnc(Nc3ccc4ccccc4c3)c3ccccc23)cc1. The van der Waals surface area contributed by atoms with Gasteiger partial charge < -0.3 is 10.1 Å². The molecule has 4 nitrogen and oxygen atoms in total. The van der Waals surface area contributed by atoms with E-state index >= 15 is 0 Å². The van der Waals surface area contributed by atoms with Crippen LogP contribution in [-0.2, 0) is 0 Å². The Balaban J connectivity index is 1.54. The molecule has 0 radical (unpaired) electrons. The Morgan fingerprint density at radius 1 is 0.733 bits per heavy atom. The molecule has 1 heterocycles. The van der Waals surface area contributed by atoms with Crippen LogP contribution in [0.4, 0.5) is 11.5 Å². The van der Waals surface area contributed by atoms with E-state index < -0.39 is 0 Å². The number of hydrogen-bond acceptors (Lipinski definition) is 4. The Morgan fingerprint density at radius 3 is 2.27 bits per heavy atom. The molecule has 5 rings (SSSR count). The van der Waals surface area contributed by atoms with Crippen LogP contribution < -0.4 is 10.1 Å². The minimum Gasteiger partial charge on any atom is -0.494 e. The molecule has 4 aromatic carbocycles. The van der Waals surface area contributed by atoms with Crippen LogP contribution in [0.3, 0.4) is 0 Å². The first kappa shape index (κ1) is 18.1. The highest BCUT2D eigenvalue weighted by atomic mass is 16.5. The van der Waals surface area contributed by atoms with Crippen LogP contribution >= 0.6 is 0 Å². The average molecular weight is 391 g/mol. The van der Waals surface area contributed by atoms with E-state index in [1.54, 1.807) is 0 Å². The first-order valence-corrected chi connectivity index (χ1v) is 10.1. The fourth-order valence-electron chi connectivity index (χ4n) is 3.69. The number of ether oxygens (including phenoxy) is 1. The summed E-state index contributed by atoms with van der Waals surface area (Å²) < 4.78 is 5.55. The first-order valence-electron chi connectivity index (χ1n) is 10.1. The number of anilines is 2. The summed E-state index contributed by atoms with van der Waals surface area (Å²) in [5, 5.41) is 17.0. The highest BCUT2D eigenvalue weighted by molar-refractivity contribution is 6.01. The predicted molar refractivity (Wildman–Crippen MR) is 123 cm³/mol. The molecule has 0 spiro atoms. The van der Waals surface area contributed by atoms with Crippen LogP contribution in [-0.4, -0.2) is 16.8 Å². The maximum atomic E-state index is 5.55. The van der Waals surface area contributed by atoms with Crippen LogP contribution in [0.5, 0.6) is 5.75 Å². The van der Waals surface area contributed by atoms with E-state index in [2.05, 4.69) is 58.0 Å². The summed E-state index contributed by atoms with van der Waals surface area (Å²) in [5.41, 5.74) is 2.86. The molecule has 0 amide bonds. The molecule has 0 saturated carbocycles. The lowest BCUT2D eigenvalue weighted by atomic mass is 10.0. The number of benzene rings is 4. The molecule has 1 aromatic heterocycles. The fraction of sp³-hybridized carbons (Fsp3) is 0.0769. The maximum Gasteiger partial charge on any atom is 0.161 e. The molecule has 30 heavy (non-hydrogen) atoms. The van der Waals surface area contributed by atoms with E-state index in [0.29, 0.717) is 6.61 Å². The van der Waals surface area contributed by atoms with Crippen molar-refractivity contribution in [3.63, 3.8) is 0 Å². The summed E-state index contributed by atoms with van der Waals surface area (Å²) in [6.07, 6.45) is 0. The molecule has 146 valence electrons. The highest BCUT2D eigenvalue weighted by Crippen LogP contribution is 2.32. The molecule has 1 N–H and O–H groups in total. The fourth-order valence-corrected chi connectivity index (χ4v) is 3.69. The van der Waals surface area contributed by atoms with Crippen LogP contribution in [0.15, 0.2) is 91.0 Å². The van der Waals surface area contributed by atoms with Gasteiger partial charge in [-0.15, -0.1) is 10.2 Å². The molecule has 0 unspecified atom stereocenters. The Bertz CT molecular complexity index is 1330. The molecule has 0 aliphatic carbocycles. The number of nitrogens with zero attached hydrogens (tertiary/aromatic N) is 2. The Morgan fingerprint density at radius 2 is 1.47 bits per heavy atom. The smallest absolute Gasteiger partial charge is 0.161 e. The average Bonchev–Trinajstić information content (AvgIpc) is 2.80. The van der Waals surface area contributed by atoms with Gasteiger partial charge in [-0.25, -0.2) is 0 Å². The van der Waals surface area contributed by atoms with Gasteiger partial charge in [0.05, 0.1) is 6.61 Å². The standard InChI is InChI=1S/C26H21N3O/c1-2-30-22-15-12-19(13-16-22)25-23-9-5-6-10-24(23)26(29-28-25)27-21-14-11-18-7-3-4-8-20(18)17-21/h3-17H,2H2,1H3,(H,27,29). The van der Waals surface area contributed by atoms with Crippen LogP contribution in [0.1, 0.15) is 6.92 Å². The van der Waals surface area contributed by atoms with E-state index in [1.165, 1.54) is 10.8 Å². The van der Waals surface area contributed by atoms with Gasteiger partial charge in [-0.1, -0.05) is 54.6 Å². The molecule has 0 saturated heterocycles. The largest absolute Gasteiger partial charge is 0.494 e. The zero-order valence-corrected chi connectivity index (χ0v) is 16.7. The summed E-state index contributed by atoms with van der Waals surface area (Å²) in [4.78, 5) is 0. The number of rotatable bonds is 5. The van der Waals surface area contributed by atoms with Gasteiger partial charge in [0.2, 0.25) is 0 Å². The molecular formula is C26H21N3O. The van der Waals surface area contributed by atoms with Gasteiger partial charge in [0.15, 0.2) is 5.82 Å². The van der Waals surface area contributed by atoms with Crippen molar-refractivity contribution in [3.8, 4) is 17.0 Å². The van der Waals surface area contributed by atoms with E-state index in [9.17, 15) is 0 Å². The summed E-state index contributed by atoms with van der Waals surface area (Å²) >= 11 is 0. The lowest BCUT2D eigenvalue weighted by Gasteiger charge is -2.12. The van der Waals surface area contributed by atoms with Gasteiger partial charge in [-0.05, 0) is 54.1 Å². The van der Waals surface area contributed by atoms with Crippen molar-refractivity contribution in [2.45, 2.75) is 6.92 Å². The van der Waals surface area contributed by atoms with Gasteiger partial charge in [0, 0.05) is 22.0 Å². The first-order chi connectivity index (χ1) is 14.8. The van der Waals surface area contributed by atoms with Crippen LogP contribution in [0.2, 0.25) is 0 Å².